The van der Waals surface area contributed by atoms with Crippen LogP contribution in [0.2, 0.25) is 5.02 Å². The first-order chi connectivity index (χ1) is 17.4. The second kappa shape index (κ2) is 12.3. The highest BCUT2D eigenvalue weighted by molar-refractivity contribution is 8.18. The minimum Gasteiger partial charge on any atom is -0.493 e. The van der Waals surface area contributed by atoms with E-state index in [0.29, 0.717) is 33.6 Å². The van der Waals surface area contributed by atoms with Crippen molar-refractivity contribution in [2.24, 2.45) is 0 Å². The second-order valence-electron chi connectivity index (χ2n) is 8.70. The van der Waals surface area contributed by atoms with Crippen LogP contribution in [0.25, 0.3) is 6.08 Å². The monoisotopic (exact) mass is 528 g/mol. The molecule has 0 N–H and O–H groups in total. The Balaban J connectivity index is 1.38. The first kappa shape index (κ1) is 26.1. The van der Waals surface area contributed by atoms with E-state index in [0.717, 1.165) is 61.0 Å². The number of benzene rings is 2. The van der Waals surface area contributed by atoms with Crippen molar-refractivity contribution in [1.82, 2.24) is 9.80 Å². The Morgan fingerprint density at radius 2 is 1.75 bits per heavy atom. The first-order valence-corrected chi connectivity index (χ1v) is 13.2. The molecule has 7 nitrogen and oxygen atoms in total. The molecule has 2 aromatic rings. The predicted octanol–water partition coefficient (Wildman–Crippen LogP) is 5.76. The van der Waals surface area contributed by atoms with E-state index in [4.69, 9.17) is 21.1 Å². The summed E-state index contributed by atoms with van der Waals surface area (Å²) in [6.07, 6.45) is 6.09. The average molecular weight is 529 g/mol. The van der Waals surface area contributed by atoms with E-state index < -0.39 is 0 Å². The van der Waals surface area contributed by atoms with Gasteiger partial charge in [-0.2, -0.15) is 0 Å². The molecule has 190 valence electrons. The molecule has 2 aromatic carbocycles. The highest BCUT2D eigenvalue weighted by Crippen LogP contribution is 2.35. The molecule has 4 rings (SSSR count). The third kappa shape index (κ3) is 6.62. The molecule has 0 unspecified atom stereocenters. The number of amides is 3. The lowest BCUT2D eigenvalue weighted by Gasteiger charge is -2.21. The number of carbonyl (C=O) groups excluding carboxylic acids is 3. The van der Waals surface area contributed by atoms with Crippen molar-refractivity contribution in [3.8, 4) is 11.5 Å². The molecule has 0 saturated carbocycles. The molecule has 36 heavy (non-hydrogen) atoms. The van der Waals surface area contributed by atoms with Crippen LogP contribution in [-0.2, 0) is 16.2 Å². The maximum atomic E-state index is 12.9. The molecule has 9 heteroatoms. The number of halogens is 1. The van der Waals surface area contributed by atoms with E-state index in [1.165, 1.54) is 0 Å². The summed E-state index contributed by atoms with van der Waals surface area (Å²) in [6, 6.07) is 12.7. The van der Waals surface area contributed by atoms with Crippen LogP contribution in [0.1, 0.15) is 43.2 Å². The van der Waals surface area contributed by atoms with Gasteiger partial charge in [-0.05, 0) is 66.1 Å². The van der Waals surface area contributed by atoms with Crippen LogP contribution in [-0.4, -0.2) is 53.6 Å². The first-order valence-electron chi connectivity index (χ1n) is 12.0. The molecular weight excluding hydrogens is 500 g/mol. The minimum absolute atomic E-state index is 0.00106. The van der Waals surface area contributed by atoms with E-state index in [2.05, 4.69) is 0 Å². The Labute approximate surface area is 220 Å². The lowest BCUT2D eigenvalue weighted by molar-refractivity contribution is -0.131. The molecule has 0 spiro atoms. The van der Waals surface area contributed by atoms with Crippen molar-refractivity contribution >= 4 is 46.5 Å². The minimum atomic E-state index is -0.379. The number of carbonyl (C=O) groups is 3. The third-order valence-electron chi connectivity index (χ3n) is 6.17. The highest BCUT2D eigenvalue weighted by Gasteiger charge is 2.35. The van der Waals surface area contributed by atoms with Gasteiger partial charge in [0.05, 0.1) is 12.0 Å². The molecule has 2 heterocycles. The zero-order valence-corrected chi connectivity index (χ0v) is 21.8. The number of hydrogen-bond acceptors (Lipinski definition) is 6. The summed E-state index contributed by atoms with van der Waals surface area (Å²) >= 11 is 6.81. The van der Waals surface area contributed by atoms with Crippen molar-refractivity contribution in [3.05, 3.63) is 63.5 Å². The van der Waals surface area contributed by atoms with Gasteiger partial charge in [-0.15, -0.1) is 0 Å². The van der Waals surface area contributed by atoms with Crippen LogP contribution in [0.15, 0.2) is 47.4 Å². The van der Waals surface area contributed by atoms with Crippen LogP contribution in [0.3, 0.4) is 0 Å². The normalized spacial score (nSPS) is 17.4. The SMILES string of the molecule is COc1cc(C=C2SC(=O)N(CCC(=O)N3CCCCCC3)C2=O)ccc1OCc1ccc(Cl)cc1. The fraction of sp³-hybridized carbons (Fsp3) is 0.370. The molecule has 0 aromatic heterocycles. The zero-order chi connectivity index (χ0) is 25.5. The van der Waals surface area contributed by atoms with Gasteiger partial charge in [0.15, 0.2) is 11.5 Å². The molecule has 2 saturated heterocycles. The maximum Gasteiger partial charge on any atom is 0.293 e. The summed E-state index contributed by atoms with van der Waals surface area (Å²) in [5.41, 5.74) is 1.67. The van der Waals surface area contributed by atoms with E-state index in [1.54, 1.807) is 43.5 Å². The Bertz CT molecular complexity index is 1140. The molecule has 3 amide bonds. The number of methoxy groups -OCH3 is 1. The van der Waals surface area contributed by atoms with Gasteiger partial charge in [-0.3, -0.25) is 19.3 Å². The average Bonchev–Trinajstić information content (AvgIpc) is 3.05. The molecule has 0 aliphatic carbocycles. The maximum absolute atomic E-state index is 12.9. The van der Waals surface area contributed by atoms with Gasteiger partial charge in [-0.25, -0.2) is 0 Å². The number of hydrogen-bond donors (Lipinski definition) is 0. The standard InChI is InChI=1S/C27H29ClN2O5S/c1-34-23-16-20(8-11-22(23)35-18-19-6-9-21(28)10-7-19)17-24-26(32)30(27(33)36-24)15-12-25(31)29-13-4-2-3-5-14-29/h6-11,16-17H,2-5,12-15,18H2,1H3. The Hall–Kier alpha value is -2.97. The molecule has 0 bridgehead atoms. The quantitative estimate of drug-likeness (QED) is 0.406. The largest absolute Gasteiger partial charge is 0.493 e. The summed E-state index contributed by atoms with van der Waals surface area (Å²) < 4.78 is 11.4. The van der Waals surface area contributed by atoms with Gasteiger partial charge >= 0.3 is 0 Å². The van der Waals surface area contributed by atoms with Gasteiger partial charge in [-0.1, -0.05) is 42.6 Å². The van der Waals surface area contributed by atoms with Crippen LogP contribution in [0.5, 0.6) is 11.5 Å². The van der Waals surface area contributed by atoms with E-state index in [-0.39, 0.29) is 30.0 Å². The fourth-order valence-electron chi connectivity index (χ4n) is 4.16. The van der Waals surface area contributed by atoms with Gasteiger partial charge in [0.1, 0.15) is 6.61 Å². The second-order valence-corrected chi connectivity index (χ2v) is 10.1. The third-order valence-corrected chi connectivity index (χ3v) is 7.33. The number of likely N-dealkylation sites (tertiary alicyclic amines) is 1. The van der Waals surface area contributed by atoms with Crippen LogP contribution in [0.4, 0.5) is 4.79 Å². The van der Waals surface area contributed by atoms with Gasteiger partial charge < -0.3 is 14.4 Å². The molecule has 0 atom stereocenters. The fourth-order valence-corrected chi connectivity index (χ4v) is 5.16. The van der Waals surface area contributed by atoms with Crippen molar-refractivity contribution in [3.63, 3.8) is 0 Å². The molecular formula is C27H29ClN2O5S. The predicted molar refractivity (Wildman–Crippen MR) is 141 cm³/mol. The van der Waals surface area contributed by atoms with E-state index in [9.17, 15) is 14.4 Å². The Morgan fingerprint density at radius 3 is 2.44 bits per heavy atom. The lowest BCUT2D eigenvalue weighted by atomic mass is 10.1. The number of imide groups is 1. The summed E-state index contributed by atoms with van der Waals surface area (Å²) in [7, 11) is 1.55. The van der Waals surface area contributed by atoms with Crippen LogP contribution >= 0.6 is 23.4 Å². The molecule has 2 aliphatic rings. The lowest BCUT2D eigenvalue weighted by Crippen LogP contribution is -2.36. The van der Waals surface area contributed by atoms with Crippen LogP contribution in [0, 0.1) is 0 Å². The molecule has 2 aliphatic heterocycles. The van der Waals surface area contributed by atoms with Crippen molar-refractivity contribution < 1.29 is 23.9 Å². The number of thioether (sulfide) groups is 1. The summed E-state index contributed by atoms with van der Waals surface area (Å²) in [4.78, 5) is 41.3. The van der Waals surface area contributed by atoms with E-state index in [1.807, 2.05) is 17.0 Å². The van der Waals surface area contributed by atoms with Crippen molar-refractivity contribution in [2.45, 2.75) is 38.7 Å². The topological polar surface area (TPSA) is 76.2 Å². The number of nitrogens with zero attached hydrogens (tertiary/aromatic N) is 2. The zero-order valence-electron chi connectivity index (χ0n) is 20.2. The number of ether oxygens (including phenoxy) is 2. The smallest absolute Gasteiger partial charge is 0.293 e. The highest BCUT2D eigenvalue weighted by atomic mass is 35.5. The summed E-state index contributed by atoms with van der Waals surface area (Å²) in [5, 5.41) is 0.305. The van der Waals surface area contributed by atoms with Crippen LogP contribution < -0.4 is 9.47 Å². The van der Waals surface area contributed by atoms with Crippen molar-refractivity contribution in [1.29, 1.82) is 0 Å². The summed E-state index contributed by atoms with van der Waals surface area (Å²) in [6.45, 7) is 1.95. The van der Waals surface area contributed by atoms with Gasteiger partial charge in [0.2, 0.25) is 5.91 Å². The molecule has 0 radical (unpaired) electrons. The van der Waals surface area contributed by atoms with Gasteiger partial charge in [0.25, 0.3) is 11.1 Å². The Kier molecular flexibility index (Phi) is 8.93. The number of rotatable bonds is 8. The molecule has 2 fully saturated rings. The Morgan fingerprint density at radius 1 is 1.03 bits per heavy atom. The van der Waals surface area contributed by atoms with Gasteiger partial charge in [0, 0.05) is 31.1 Å². The van der Waals surface area contributed by atoms with Crippen molar-refractivity contribution in [2.75, 3.05) is 26.7 Å². The van der Waals surface area contributed by atoms with E-state index >= 15 is 0 Å². The summed E-state index contributed by atoms with van der Waals surface area (Å²) in [5.74, 6) is 0.694.